The molecule has 0 aromatic rings. The Bertz CT molecular complexity index is 268. The summed E-state index contributed by atoms with van der Waals surface area (Å²) >= 11 is 0. The van der Waals surface area contributed by atoms with Crippen LogP contribution in [0.25, 0.3) is 0 Å². The highest BCUT2D eigenvalue weighted by atomic mass is 16.4. The van der Waals surface area contributed by atoms with Crippen molar-refractivity contribution < 1.29 is 14.7 Å². The van der Waals surface area contributed by atoms with E-state index in [0.29, 0.717) is 6.54 Å². The van der Waals surface area contributed by atoms with Crippen molar-refractivity contribution in [2.45, 2.75) is 38.6 Å². The number of carbonyl (C=O) groups excluding carboxylic acids is 1. The van der Waals surface area contributed by atoms with E-state index in [2.05, 4.69) is 0 Å². The molecule has 5 heteroatoms. The second kappa shape index (κ2) is 5.72. The molecule has 0 aromatic carbocycles. The monoisotopic (exact) mass is 228 g/mol. The van der Waals surface area contributed by atoms with Gasteiger partial charge in [0.1, 0.15) is 0 Å². The maximum Gasteiger partial charge on any atom is 0.320 e. The van der Waals surface area contributed by atoms with Crippen LogP contribution in [0, 0.1) is 0 Å². The summed E-state index contributed by atoms with van der Waals surface area (Å²) < 4.78 is 0. The molecule has 0 saturated carbocycles. The Morgan fingerprint density at radius 1 is 1.50 bits per heavy atom. The fourth-order valence-electron chi connectivity index (χ4n) is 2.15. The number of carbonyl (C=O) groups is 2. The molecule has 16 heavy (non-hydrogen) atoms. The number of urea groups is 1. The normalized spacial score (nSPS) is 19.9. The number of nitrogens with zero attached hydrogens (tertiary/aromatic N) is 2. The van der Waals surface area contributed by atoms with Gasteiger partial charge in [-0.1, -0.05) is 6.92 Å². The van der Waals surface area contributed by atoms with Crippen molar-refractivity contribution >= 4 is 12.0 Å². The fraction of sp³-hybridized carbons (Fsp3) is 0.818. The van der Waals surface area contributed by atoms with Gasteiger partial charge in [-0.25, -0.2) is 4.79 Å². The first kappa shape index (κ1) is 12.8. The first-order chi connectivity index (χ1) is 7.56. The third kappa shape index (κ3) is 3.12. The Hall–Kier alpha value is -1.26. The number of carboxylic acids is 1. The molecule has 0 aromatic heterocycles. The SMILES string of the molecule is CCCN(C)C(=O)N1CCCC1CC(=O)O. The lowest BCUT2D eigenvalue weighted by molar-refractivity contribution is -0.138. The van der Waals surface area contributed by atoms with E-state index in [9.17, 15) is 9.59 Å². The highest BCUT2D eigenvalue weighted by Crippen LogP contribution is 2.21. The average molecular weight is 228 g/mol. The molecule has 0 radical (unpaired) electrons. The van der Waals surface area contributed by atoms with Crippen LogP contribution in [0.5, 0.6) is 0 Å². The summed E-state index contributed by atoms with van der Waals surface area (Å²) in [6.07, 6.45) is 2.69. The van der Waals surface area contributed by atoms with Gasteiger partial charge >= 0.3 is 12.0 Å². The summed E-state index contributed by atoms with van der Waals surface area (Å²) in [4.78, 5) is 26.0. The second-order valence-corrected chi connectivity index (χ2v) is 4.29. The van der Waals surface area contributed by atoms with E-state index in [0.717, 1.165) is 25.8 Å². The van der Waals surface area contributed by atoms with E-state index < -0.39 is 5.97 Å². The average Bonchev–Trinajstić information content (AvgIpc) is 2.64. The minimum Gasteiger partial charge on any atom is -0.481 e. The smallest absolute Gasteiger partial charge is 0.320 e. The van der Waals surface area contributed by atoms with Gasteiger partial charge in [0.2, 0.25) is 0 Å². The maximum atomic E-state index is 12.0. The second-order valence-electron chi connectivity index (χ2n) is 4.29. The molecule has 1 heterocycles. The lowest BCUT2D eigenvalue weighted by Gasteiger charge is -2.28. The standard InChI is InChI=1S/C11H20N2O3/c1-3-6-12(2)11(16)13-7-4-5-9(13)8-10(14)15/h9H,3-8H2,1-2H3,(H,14,15). The largest absolute Gasteiger partial charge is 0.481 e. The van der Waals surface area contributed by atoms with Crippen LogP contribution >= 0.6 is 0 Å². The summed E-state index contributed by atoms with van der Waals surface area (Å²) in [5, 5.41) is 8.76. The summed E-state index contributed by atoms with van der Waals surface area (Å²) in [6.45, 7) is 3.42. The zero-order valence-electron chi connectivity index (χ0n) is 9.98. The lowest BCUT2D eigenvalue weighted by atomic mass is 10.1. The third-order valence-electron chi connectivity index (χ3n) is 2.92. The van der Waals surface area contributed by atoms with E-state index in [4.69, 9.17) is 5.11 Å². The highest BCUT2D eigenvalue weighted by molar-refractivity contribution is 5.76. The Kier molecular flexibility index (Phi) is 4.58. The predicted octanol–water partition coefficient (Wildman–Crippen LogP) is 1.39. The predicted molar refractivity (Wildman–Crippen MR) is 60.3 cm³/mol. The van der Waals surface area contributed by atoms with Gasteiger partial charge in [-0.3, -0.25) is 4.79 Å². The summed E-state index contributed by atoms with van der Waals surface area (Å²) in [6, 6.07) is -0.157. The van der Waals surface area contributed by atoms with Crippen LogP contribution < -0.4 is 0 Å². The van der Waals surface area contributed by atoms with Crippen LogP contribution in [0.2, 0.25) is 0 Å². The molecule has 1 saturated heterocycles. The van der Waals surface area contributed by atoms with Crippen molar-refractivity contribution in [2.75, 3.05) is 20.1 Å². The van der Waals surface area contributed by atoms with Crippen molar-refractivity contribution in [1.82, 2.24) is 9.80 Å². The quantitative estimate of drug-likeness (QED) is 0.791. The lowest BCUT2D eigenvalue weighted by Crippen LogP contribution is -2.44. The van der Waals surface area contributed by atoms with Crippen molar-refractivity contribution in [3.63, 3.8) is 0 Å². The zero-order valence-corrected chi connectivity index (χ0v) is 9.98. The maximum absolute atomic E-state index is 12.0. The molecule has 1 aliphatic rings. The van der Waals surface area contributed by atoms with Crippen LogP contribution in [-0.2, 0) is 4.79 Å². The molecule has 1 fully saturated rings. The van der Waals surface area contributed by atoms with Crippen molar-refractivity contribution in [2.24, 2.45) is 0 Å². The van der Waals surface area contributed by atoms with Crippen LogP contribution in [0.3, 0.4) is 0 Å². The summed E-state index contributed by atoms with van der Waals surface area (Å²) in [7, 11) is 1.77. The number of hydrogen-bond acceptors (Lipinski definition) is 2. The molecule has 0 aliphatic carbocycles. The van der Waals surface area contributed by atoms with Gasteiger partial charge in [0.05, 0.1) is 6.42 Å². The third-order valence-corrected chi connectivity index (χ3v) is 2.92. The molecule has 1 N–H and O–H groups in total. The molecule has 1 unspecified atom stereocenters. The first-order valence-electron chi connectivity index (χ1n) is 5.79. The fourth-order valence-corrected chi connectivity index (χ4v) is 2.15. The molecule has 1 atom stereocenters. The minimum absolute atomic E-state index is 0.0365. The van der Waals surface area contributed by atoms with E-state index in [-0.39, 0.29) is 18.5 Å². The topological polar surface area (TPSA) is 60.9 Å². The summed E-state index contributed by atoms with van der Waals surface area (Å²) in [5.41, 5.74) is 0. The van der Waals surface area contributed by atoms with Gasteiger partial charge < -0.3 is 14.9 Å². The Morgan fingerprint density at radius 3 is 2.75 bits per heavy atom. The molecular formula is C11H20N2O3. The van der Waals surface area contributed by atoms with Crippen molar-refractivity contribution in [1.29, 1.82) is 0 Å². The van der Waals surface area contributed by atoms with Gasteiger partial charge in [0, 0.05) is 26.2 Å². The molecule has 0 bridgehead atoms. The van der Waals surface area contributed by atoms with Crippen LogP contribution in [-0.4, -0.2) is 53.1 Å². The van der Waals surface area contributed by atoms with E-state index >= 15 is 0 Å². The number of carboxylic acid groups (broad SMARTS) is 1. The minimum atomic E-state index is -0.831. The van der Waals surface area contributed by atoms with E-state index in [1.807, 2.05) is 6.92 Å². The van der Waals surface area contributed by atoms with Gasteiger partial charge in [0.15, 0.2) is 0 Å². The van der Waals surface area contributed by atoms with Gasteiger partial charge in [-0.15, -0.1) is 0 Å². The van der Waals surface area contributed by atoms with Crippen molar-refractivity contribution in [3.05, 3.63) is 0 Å². The van der Waals surface area contributed by atoms with Crippen LogP contribution in [0.15, 0.2) is 0 Å². The molecular weight excluding hydrogens is 208 g/mol. The van der Waals surface area contributed by atoms with Gasteiger partial charge in [0.25, 0.3) is 0 Å². The summed E-state index contributed by atoms with van der Waals surface area (Å²) in [5.74, 6) is -0.831. The zero-order chi connectivity index (χ0) is 12.1. The van der Waals surface area contributed by atoms with Gasteiger partial charge in [-0.05, 0) is 19.3 Å². The van der Waals surface area contributed by atoms with E-state index in [1.54, 1.807) is 16.8 Å². The Balaban J connectivity index is 2.56. The molecule has 0 spiro atoms. The molecule has 1 rings (SSSR count). The number of aliphatic carboxylic acids is 1. The molecule has 5 nitrogen and oxygen atoms in total. The van der Waals surface area contributed by atoms with Crippen LogP contribution in [0.4, 0.5) is 4.79 Å². The number of rotatable bonds is 4. The van der Waals surface area contributed by atoms with E-state index in [1.165, 1.54) is 0 Å². The molecule has 1 aliphatic heterocycles. The van der Waals surface area contributed by atoms with Crippen LogP contribution in [0.1, 0.15) is 32.6 Å². The number of amides is 2. The molecule has 92 valence electrons. The Morgan fingerprint density at radius 2 is 2.19 bits per heavy atom. The number of likely N-dealkylation sites (tertiary alicyclic amines) is 1. The number of hydrogen-bond donors (Lipinski definition) is 1. The first-order valence-corrected chi connectivity index (χ1v) is 5.79. The molecule has 2 amide bonds. The Labute approximate surface area is 96.0 Å². The van der Waals surface area contributed by atoms with Gasteiger partial charge in [-0.2, -0.15) is 0 Å². The van der Waals surface area contributed by atoms with Crippen molar-refractivity contribution in [3.8, 4) is 0 Å². The highest BCUT2D eigenvalue weighted by Gasteiger charge is 2.31.